The van der Waals surface area contributed by atoms with Crippen LogP contribution in [-0.2, 0) is 5.54 Å². The third kappa shape index (κ3) is 2.60. The highest BCUT2D eigenvalue weighted by Gasteiger charge is 2.25. The molecule has 0 spiro atoms. The van der Waals surface area contributed by atoms with Crippen molar-refractivity contribution in [3.8, 4) is 0 Å². The number of hydrogen-bond donors (Lipinski definition) is 2. The molecular weight excluding hydrogens is 258 g/mol. The first-order valence-corrected chi connectivity index (χ1v) is 7.10. The summed E-state index contributed by atoms with van der Waals surface area (Å²) in [6.07, 6.45) is 1.83. The molecule has 0 fully saturated rings. The lowest BCUT2D eigenvalue weighted by Gasteiger charge is -2.31. The number of pyridine rings is 1. The van der Waals surface area contributed by atoms with E-state index in [1.807, 2.05) is 42.6 Å². The van der Waals surface area contributed by atoms with Gasteiger partial charge >= 0.3 is 0 Å². The first-order chi connectivity index (χ1) is 10.2. The fourth-order valence-electron chi connectivity index (χ4n) is 2.53. The van der Waals surface area contributed by atoms with Gasteiger partial charge in [-0.2, -0.15) is 0 Å². The lowest BCUT2D eigenvalue weighted by Crippen LogP contribution is -2.40. The summed E-state index contributed by atoms with van der Waals surface area (Å²) in [5, 5.41) is 5.80. The second kappa shape index (κ2) is 5.54. The van der Waals surface area contributed by atoms with Crippen LogP contribution in [0.4, 0.5) is 5.82 Å². The molecule has 1 heterocycles. The highest BCUT2D eigenvalue weighted by atomic mass is 15.1. The SMILES string of the molecule is CC(CN)(Nc1nccc2ccccc12)c1ccccc1. The first kappa shape index (κ1) is 13.6. The number of rotatable bonds is 4. The molecule has 106 valence electrons. The molecule has 0 aliphatic carbocycles. The lowest BCUT2D eigenvalue weighted by molar-refractivity contribution is 0.555. The Morgan fingerprint density at radius 1 is 1.00 bits per heavy atom. The molecule has 1 aromatic heterocycles. The van der Waals surface area contributed by atoms with E-state index >= 15 is 0 Å². The smallest absolute Gasteiger partial charge is 0.134 e. The molecule has 3 rings (SSSR count). The Morgan fingerprint density at radius 3 is 2.48 bits per heavy atom. The summed E-state index contributed by atoms with van der Waals surface area (Å²) >= 11 is 0. The van der Waals surface area contributed by atoms with Gasteiger partial charge in [0.1, 0.15) is 5.82 Å². The largest absolute Gasteiger partial charge is 0.359 e. The van der Waals surface area contributed by atoms with Gasteiger partial charge in [-0.15, -0.1) is 0 Å². The maximum Gasteiger partial charge on any atom is 0.134 e. The van der Waals surface area contributed by atoms with Gasteiger partial charge in [-0.3, -0.25) is 0 Å². The van der Waals surface area contributed by atoms with Gasteiger partial charge in [0.2, 0.25) is 0 Å². The van der Waals surface area contributed by atoms with E-state index in [0.29, 0.717) is 6.54 Å². The van der Waals surface area contributed by atoms with Crippen LogP contribution in [0.25, 0.3) is 10.8 Å². The standard InChI is InChI=1S/C18H19N3/c1-18(13-19,15-8-3-2-4-9-15)21-17-16-10-6-5-7-14(16)11-12-20-17/h2-12H,13,19H2,1H3,(H,20,21). The quantitative estimate of drug-likeness (QED) is 0.767. The van der Waals surface area contributed by atoms with Crippen molar-refractivity contribution >= 4 is 16.6 Å². The maximum atomic E-state index is 6.04. The Morgan fingerprint density at radius 2 is 1.71 bits per heavy atom. The van der Waals surface area contributed by atoms with Crippen molar-refractivity contribution in [3.63, 3.8) is 0 Å². The number of nitrogens with one attached hydrogen (secondary N) is 1. The highest BCUT2D eigenvalue weighted by Crippen LogP contribution is 2.28. The topological polar surface area (TPSA) is 50.9 Å². The molecule has 3 aromatic rings. The number of hydrogen-bond acceptors (Lipinski definition) is 3. The molecular formula is C18H19N3. The van der Waals surface area contributed by atoms with Crippen molar-refractivity contribution in [2.75, 3.05) is 11.9 Å². The molecule has 0 saturated carbocycles. The van der Waals surface area contributed by atoms with Crippen molar-refractivity contribution < 1.29 is 0 Å². The summed E-state index contributed by atoms with van der Waals surface area (Å²) in [7, 11) is 0. The summed E-state index contributed by atoms with van der Waals surface area (Å²) in [6.45, 7) is 2.59. The van der Waals surface area contributed by atoms with Crippen LogP contribution >= 0.6 is 0 Å². The molecule has 1 unspecified atom stereocenters. The Kier molecular flexibility index (Phi) is 3.59. The van der Waals surface area contributed by atoms with E-state index in [1.165, 1.54) is 5.39 Å². The van der Waals surface area contributed by atoms with Gasteiger partial charge in [0, 0.05) is 18.1 Å². The second-order valence-corrected chi connectivity index (χ2v) is 5.41. The molecule has 0 bridgehead atoms. The molecule has 0 amide bonds. The van der Waals surface area contributed by atoms with Gasteiger partial charge in [0.25, 0.3) is 0 Å². The average Bonchev–Trinajstić information content (AvgIpc) is 2.56. The highest BCUT2D eigenvalue weighted by molar-refractivity contribution is 5.91. The monoisotopic (exact) mass is 277 g/mol. The predicted octanol–water partition coefficient (Wildman–Crippen LogP) is 3.52. The number of nitrogens with two attached hydrogens (primary N) is 1. The van der Waals surface area contributed by atoms with Crippen LogP contribution < -0.4 is 11.1 Å². The van der Waals surface area contributed by atoms with Crippen molar-refractivity contribution in [3.05, 3.63) is 72.4 Å². The van der Waals surface area contributed by atoms with Crippen LogP contribution in [0.15, 0.2) is 66.9 Å². The Hall–Kier alpha value is -2.39. The molecule has 0 radical (unpaired) electrons. The van der Waals surface area contributed by atoms with E-state index in [-0.39, 0.29) is 5.54 Å². The summed E-state index contributed by atoms with van der Waals surface area (Å²) in [6, 6.07) is 20.5. The van der Waals surface area contributed by atoms with Crippen LogP contribution in [0.3, 0.4) is 0 Å². The molecule has 3 nitrogen and oxygen atoms in total. The summed E-state index contributed by atoms with van der Waals surface area (Å²) in [5.41, 5.74) is 6.85. The van der Waals surface area contributed by atoms with E-state index in [4.69, 9.17) is 5.73 Å². The molecule has 1 atom stereocenters. The lowest BCUT2D eigenvalue weighted by atomic mass is 9.92. The van der Waals surface area contributed by atoms with Gasteiger partial charge in [0.05, 0.1) is 5.54 Å². The van der Waals surface area contributed by atoms with E-state index in [0.717, 1.165) is 16.8 Å². The van der Waals surface area contributed by atoms with Gasteiger partial charge < -0.3 is 11.1 Å². The average molecular weight is 277 g/mol. The zero-order chi connectivity index (χ0) is 14.7. The number of anilines is 1. The number of nitrogens with zero attached hydrogens (tertiary/aromatic N) is 1. The summed E-state index contributed by atoms with van der Waals surface area (Å²) in [5.74, 6) is 0.866. The van der Waals surface area contributed by atoms with Gasteiger partial charge in [0.15, 0.2) is 0 Å². The molecule has 0 aliphatic rings. The van der Waals surface area contributed by atoms with Crippen molar-refractivity contribution in [1.29, 1.82) is 0 Å². The fourth-order valence-corrected chi connectivity index (χ4v) is 2.53. The van der Waals surface area contributed by atoms with Crippen LogP contribution in [0, 0.1) is 0 Å². The minimum absolute atomic E-state index is 0.349. The number of fused-ring (bicyclic) bond motifs is 1. The zero-order valence-electron chi connectivity index (χ0n) is 12.1. The third-order valence-electron chi connectivity index (χ3n) is 3.89. The molecule has 2 aromatic carbocycles. The van der Waals surface area contributed by atoms with Crippen molar-refractivity contribution in [2.45, 2.75) is 12.5 Å². The molecule has 0 aliphatic heterocycles. The fraction of sp³-hybridized carbons (Fsp3) is 0.167. The Balaban J connectivity index is 2.04. The first-order valence-electron chi connectivity index (χ1n) is 7.10. The van der Waals surface area contributed by atoms with Crippen LogP contribution in [-0.4, -0.2) is 11.5 Å². The van der Waals surface area contributed by atoms with Gasteiger partial charge in [-0.1, -0.05) is 54.6 Å². The minimum Gasteiger partial charge on any atom is -0.359 e. The molecule has 3 N–H and O–H groups in total. The second-order valence-electron chi connectivity index (χ2n) is 5.41. The summed E-state index contributed by atoms with van der Waals surface area (Å²) in [4.78, 5) is 4.50. The Labute approximate surface area is 124 Å². The van der Waals surface area contributed by atoms with Gasteiger partial charge in [-0.05, 0) is 23.9 Å². The van der Waals surface area contributed by atoms with Gasteiger partial charge in [-0.25, -0.2) is 4.98 Å². The normalized spacial score (nSPS) is 13.8. The van der Waals surface area contributed by atoms with Crippen LogP contribution in [0.1, 0.15) is 12.5 Å². The van der Waals surface area contributed by atoms with E-state index in [1.54, 1.807) is 0 Å². The van der Waals surface area contributed by atoms with Crippen LogP contribution in [0.5, 0.6) is 0 Å². The minimum atomic E-state index is -0.349. The summed E-state index contributed by atoms with van der Waals surface area (Å²) < 4.78 is 0. The number of benzene rings is 2. The third-order valence-corrected chi connectivity index (χ3v) is 3.89. The zero-order valence-corrected chi connectivity index (χ0v) is 12.1. The maximum absolute atomic E-state index is 6.04. The van der Waals surface area contributed by atoms with E-state index < -0.39 is 0 Å². The van der Waals surface area contributed by atoms with E-state index in [9.17, 15) is 0 Å². The van der Waals surface area contributed by atoms with E-state index in [2.05, 4.69) is 41.5 Å². The Bertz CT molecular complexity index is 734. The molecule has 0 saturated heterocycles. The molecule has 3 heteroatoms. The van der Waals surface area contributed by atoms with Crippen LogP contribution in [0.2, 0.25) is 0 Å². The number of aromatic nitrogens is 1. The van der Waals surface area contributed by atoms with Crippen molar-refractivity contribution in [2.24, 2.45) is 5.73 Å². The molecule has 21 heavy (non-hydrogen) atoms. The van der Waals surface area contributed by atoms with Crippen molar-refractivity contribution in [1.82, 2.24) is 4.98 Å². The predicted molar refractivity (Wildman–Crippen MR) is 88.2 cm³/mol.